The summed E-state index contributed by atoms with van der Waals surface area (Å²) >= 11 is 0. The van der Waals surface area contributed by atoms with Crippen LogP contribution in [0.4, 0.5) is 22.4 Å². The average Bonchev–Trinajstić information content (AvgIpc) is 3.23. The molecule has 1 aliphatic rings. The van der Waals surface area contributed by atoms with Gasteiger partial charge in [0.05, 0.1) is 6.04 Å². The van der Waals surface area contributed by atoms with Gasteiger partial charge in [0, 0.05) is 0 Å². The fourth-order valence-corrected chi connectivity index (χ4v) is 2.26. The zero-order valence-corrected chi connectivity index (χ0v) is 14.0. The number of amides is 1. The van der Waals surface area contributed by atoms with E-state index in [4.69, 9.17) is 4.74 Å². The predicted molar refractivity (Wildman–Crippen MR) is 81.1 cm³/mol. The fraction of sp³-hybridized carbons (Fsp3) is 0.562. The maximum atomic E-state index is 13.9. The molecule has 1 aromatic rings. The first-order valence-electron chi connectivity index (χ1n) is 7.74. The van der Waals surface area contributed by atoms with Crippen molar-refractivity contribution in [2.75, 3.05) is 0 Å². The molecule has 1 fully saturated rings. The van der Waals surface area contributed by atoms with Crippen LogP contribution in [0.3, 0.4) is 0 Å². The van der Waals surface area contributed by atoms with Crippen LogP contribution in [-0.2, 0) is 4.74 Å². The van der Waals surface area contributed by atoms with Crippen molar-refractivity contribution in [1.29, 1.82) is 0 Å². The van der Waals surface area contributed by atoms with E-state index in [9.17, 15) is 22.4 Å². The van der Waals surface area contributed by atoms with Crippen molar-refractivity contribution in [3.05, 3.63) is 29.6 Å². The maximum Gasteiger partial charge on any atom is 0.573 e. The molecular formula is C16H20F4N2O3. The molecule has 1 aromatic carbocycles. The monoisotopic (exact) mass is 364 g/mol. The molecule has 0 spiro atoms. The third-order valence-electron chi connectivity index (χ3n) is 3.36. The van der Waals surface area contributed by atoms with Crippen LogP contribution in [0.25, 0.3) is 0 Å². The number of hydrogen-bond donors (Lipinski definition) is 2. The molecule has 1 aliphatic carbocycles. The molecular weight excluding hydrogens is 344 g/mol. The molecule has 0 aliphatic heterocycles. The topological polar surface area (TPSA) is 59.6 Å². The first-order valence-corrected chi connectivity index (χ1v) is 7.74. The molecule has 0 radical (unpaired) electrons. The summed E-state index contributed by atoms with van der Waals surface area (Å²) in [5.74, 6) is -1.88. The van der Waals surface area contributed by atoms with E-state index in [2.05, 4.69) is 15.6 Å². The summed E-state index contributed by atoms with van der Waals surface area (Å²) in [4.78, 5) is 11.7. The Morgan fingerprint density at radius 2 is 1.88 bits per heavy atom. The SMILES string of the molecule is CC(C)(C)OC(=O)NNC(c1ccc(OC(F)(F)F)c(F)c1)C1CC1. The standard InChI is InChI=1S/C16H20F4N2O3/c1-15(2,3)25-14(23)22-21-13(9-4-5-9)10-6-7-12(11(17)8-10)24-16(18,19)20/h6-9,13,21H,4-5H2,1-3H3,(H,22,23). The molecule has 0 aromatic heterocycles. The molecule has 9 heteroatoms. The fourth-order valence-electron chi connectivity index (χ4n) is 2.26. The van der Waals surface area contributed by atoms with E-state index in [-0.39, 0.29) is 5.92 Å². The van der Waals surface area contributed by atoms with Crippen LogP contribution in [0, 0.1) is 11.7 Å². The van der Waals surface area contributed by atoms with Crippen LogP contribution in [0.1, 0.15) is 45.2 Å². The van der Waals surface area contributed by atoms with Crippen LogP contribution < -0.4 is 15.6 Å². The summed E-state index contributed by atoms with van der Waals surface area (Å²) in [6.45, 7) is 5.12. The Kier molecular flexibility index (Phi) is 5.46. The van der Waals surface area contributed by atoms with Gasteiger partial charge in [0.2, 0.25) is 0 Å². The lowest BCUT2D eigenvalue weighted by atomic mass is 10.0. The van der Waals surface area contributed by atoms with Gasteiger partial charge in [0.15, 0.2) is 11.6 Å². The second-order valence-corrected chi connectivity index (χ2v) is 6.82. The number of nitrogens with one attached hydrogen (secondary N) is 2. The number of rotatable bonds is 5. The lowest BCUT2D eigenvalue weighted by Gasteiger charge is -2.23. The quantitative estimate of drug-likeness (QED) is 0.607. The van der Waals surface area contributed by atoms with Crippen molar-refractivity contribution in [3.8, 4) is 5.75 Å². The molecule has 25 heavy (non-hydrogen) atoms. The molecule has 1 atom stereocenters. The number of ether oxygens (including phenoxy) is 2. The van der Waals surface area contributed by atoms with Gasteiger partial charge in [-0.25, -0.2) is 14.6 Å². The maximum absolute atomic E-state index is 13.9. The van der Waals surface area contributed by atoms with Gasteiger partial charge in [-0.05, 0) is 57.2 Å². The Labute approximate surface area is 142 Å². The van der Waals surface area contributed by atoms with Crippen LogP contribution in [0.15, 0.2) is 18.2 Å². The molecule has 0 saturated heterocycles. The van der Waals surface area contributed by atoms with Crippen molar-refractivity contribution in [3.63, 3.8) is 0 Å². The Hall–Kier alpha value is -2.03. The molecule has 140 valence electrons. The molecule has 5 nitrogen and oxygen atoms in total. The average molecular weight is 364 g/mol. The van der Waals surface area contributed by atoms with Crippen LogP contribution in [-0.4, -0.2) is 18.1 Å². The molecule has 1 unspecified atom stereocenters. The van der Waals surface area contributed by atoms with Gasteiger partial charge in [0.25, 0.3) is 0 Å². The van der Waals surface area contributed by atoms with E-state index in [0.717, 1.165) is 25.0 Å². The number of hydrogen-bond acceptors (Lipinski definition) is 4. The second kappa shape index (κ2) is 7.07. The Morgan fingerprint density at radius 3 is 2.36 bits per heavy atom. The van der Waals surface area contributed by atoms with E-state index in [1.807, 2.05) is 0 Å². The summed E-state index contributed by atoms with van der Waals surface area (Å²) in [6, 6.07) is 2.77. The summed E-state index contributed by atoms with van der Waals surface area (Å²) in [7, 11) is 0. The van der Waals surface area contributed by atoms with Crippen molar-refractivity contribution in [2.45, 2.75) is 51.6 Å². The number of benzene rings is 1. The lowest BCUT2D eigenvalue weighted by Crippen LogP contribution is -2.43. The third kappa shape index (κ3) is 6.41. The largest absolute Gasteiger partial charge is 0.573 e. The van der Waals surface area contributed by atoms with E-state index < -0.39 is 35.7 Å². The van der Waals surface area contributed by atoms with Gasteiger partial charge in [-0.1, -0.05) is 6.07 Å². The minimum Gasteiger partial charge on any atom is -0.443 e. The molecule has 1 saturated carbocycles. The highest BCUT2D eigenvalue weighted by Crippen LogP contribution is 2.41. The van der Waals surface area contributed by atoms with Gasteiger partial charge in [-0.15, -0.1) is 13.2 Å². The van der Waals surface area contributed by atoms with Crippen molar-refractivity contribution >= 4 is 6.09 Å². The van der Waals surface area contributed by atoms with Gasteiger partial charge in [-0.2, -0.15) is 0 Å². The zero-order chi connectivity index (χ0) is 18.8. The van der Waals surface area contributed by atoms with Crippen LogP contribution >= 0.6 is 0 Å². The summed E-state index contributed by atoms with van der Waals surface area (Å²) in [5, 5.41) is 0. The Morgan fingerprint density at radius 1 is 1.24 bits per heavy atom. The number of alkyl halides is 3. The van der Waals surface area contributed by atoms with E-state index >= 15 is 0 Å². The molecule has 0 heterocycles. The molecule has 2 N–H and O–H groups in total. The highest BCUT2D eigenvalue weighted by molar-refractivity contribution is 5.67. The van der Waals surface area contributed by atoms with E-state index in [1.54, 1.807) is 20.8 Å². The van der Waals surface area contributed by atoms with E-state index in [0.29, 0.717) is 5.56 Å². The third-order valence-corrected chi connectivity index (χ3v) is 3.36. The molecule has 1 amide bonds. The Bertz CT molecular complexity index is 625. The zero-order valence-electron chi connectivity index (χ0n) is 14.0. The van der Waals surface area contributed by atoms with Crippen LogP contribution in [0.2, 0.25) is 0 Å². The number of halogens is 4. The minimum atomic E-state index is -4.96. The lowest BCUT2D eigenvalue weighted by molar-refractivity contribution is -0.275. The first-order chi connectivity index (χ1) is 11.4. The minimum absolute atomic E-state index is 0.142. The van der Waals surface area contributed by atoms with Gasteiger partial charge in [-0.3, -0.25) is 5.43 Å². The summed E-state index contributed by atoms with van der Waals surface area (Å²) in [6.07, 6.45) is -3.95. The van der Waals surface area contributed by atoms with Gasteiger partial charge < -0.3 is 9.47 Å². The highest BCUT2D eigenvalue weighted by Gasteiger charge is 2.35. The van der Waals surface area contributed by atoms with Crippen molar-refractivity contribution in [2.24, 2.45) is 5.92 Å². The first kappa shape index (κ1) is 19.3. The Balaban J connectivity index is 2.05. The number of carbonyl (C=O) groups excluding carboxylic acids is 1. The second-order valence-electron chi connectivity index (χ2n) is 6.82. The highest BCUT2D eigenvalue weighted by atomic mass is 19.4. The number of hydrazine groups is 1. The number of carbonyl (C=O) groups is 1. The van der Waals surface area contributed by atoms with Gasteiger partial charge in [0.1, 0.15) is 5.60 Å². The summed E-state index contributed by atoms with van der Waals surface area (Å²) in [5.41, 5.74) is 4.88. The van der Waals surface area contributed by atoms with Crippen molar-refractivity contribution in [1.82, 2.24) is 10.9 Å². The van der Waals surface area contributed by atoms with Crippen LogP contribution in [0.5, 0.6) is 5.75 Å². The van der Waals surface area contributed by atoms with Crippen molar-refractivity contribution < 1.29 is 31.8 Å². The normalized spacial score (nSPS) is 16.3. The molecule has 2 rings (SSSR count). The predicted octanol–water partition coefficient (Wildman–Crippen LogP) is 4.20. The summed E-state index contributed by atoms with van der Waals surface area (Å²) < 4.78 is 59.2. The van der Waals surface area contributed by atoms with E-state index in [1.165, 1.54) is 6.07 Å². The smallest absolute Gasteiger partial charge is 0.443 e. The van der Waals surface area contributed by atoms with Gasteiger partial charge >= 0.3 is 12.5 Å². The molecule has 0 bridgehead atoms.